The summed E-state index contributed by atoms with van der Waals surface area (Å²) in [5.74, 6) is 0.764. The first-order chi connectivity index (χ1) is 32.3. The Hall–Kier alpha value is -1.83. The number of halogens is 1. The predicted molar refractivity (Wildman–Crippen MR) is 253 cm³/mol. The minimum absolute atomic E-state index is 0.0263. The number of benzene rings is 2. The van der Waals surface area contributed by atoms with Crippen molar-refractivity contribution < 1.29 is 66.7 Å². The molecule has 2 saturated heterocycles. The van der Waals surface area contributed by atoms with Crippen molar-refractivity contribution in [3.63, 3.8) is 0 Å². The van der Waals surface area contributed by atoms with Gasteiger partial charge in [0.2, 0.25) is 0 Å². The van der Waals surface area contributed by atoms with Crippen LogP contribution in [0.2, 0.25) is 0 Å². The fraction of sp³-hybridized carbons (Fsp3) is 0.760. The number of unbranched alkanes of at least 4 members (excludes halogenated alkanes) is 4. The summed E-state index contributed by atoms with van der Waals surface area (Å²) < 4.78 is 71.1. The SMILES string of the molecule is ClCCCCCOC1CCCCO1.OCCOCCOCCOCCOCc1ccccc1.c1ccc(COCCOCCOCCOCCOCCCCCOC2CCCCO2)cc1. The Labute approximate surface area is 396 Å². The van der Waals surface area contributed by atoms with Crippen LogP contribution >= 0.6 is 11.6 Å². The smallest absolute Gasteiger partial charge is 0.157 e. The molecule has 65 heavy (non-hydrogen) atoms. The molecule has 4 rings (SSSR count). The van der Waals surface area contributed by atoms with Gasteiger partial charge in [0, 0.05) is 38.9 Å². The summed E-state index contributed by atoms with van der Waals surface area (Å²) in [7, 11) is 0. The average molecular weight is 946 g/mol. The van der Waals surface area contributed by atoms with Crippen LogP contribution in [0.1, 0.15) is 88.2 Å². The minimum atomic E-state index is 0.0263. The first-order valence-corrected chi connectivity index (χ1v) is 24.8. The Kier molecular flexibility index (Phi) is 44.4. The van der Waals surface area contributed by atoms with E-state index in [9.17, 15) is 0 Å². The number of hydrogen-bond acceptors (Lipinski definition) is 14. The summed E-state index contributed by atoms with van der Waals surface area (Å²) in [6, 6.07) is 20.2. The summed E-state index contributed by atoms with van der Waals surface area (Å²) in [5, 5.41) is 8.48. The summed E-state index contributed by atoms with van der Waals surface area (Å²) in [6.07, 6.45) is 13.6. The van der Waals surface area contributed by atoms with Crippen molar-refractivity contribution in [2.24, 2.45) is 0 Å². The molecular formula is C50H85ClO14. The summed E-state index contributed by atoms with van der Waals surface area (Å²) in [5.41, 5.74) is 2.34. The molecule has 1 N–H and O–H groups in total. The maximum atomic E-state index is 8.48. The zero-order chi connectivity index (χ0) is 46.0. The quantitative estimate of drug-likeness (QED) is 0.0508. The molecule has 14 nitrogen and oxygen atoms in total. The number of rotatable bonds is 40. The van der Waals surface area contributed by atoms with Crippen molar-refractivity contribution in [2.45, 2.75) is 103 Å². The molecule has 0 saturated carbocycles. The van der Waals surface area contributed by atoms with Gasteiger partial charge in [0.25, 0.3) is 0 Å². The molecule has 2 fully saturated rings. The Morgan fingerprint density at radius 3 is 1.12 bits per heavy atom. The van der Waals surface area contributed by atoms with Crippen LogP contribution in [0.15, 0.2) is 60.7 Å². The number of aliphatic hydroxyl groups is 1. The van der Waals surface area contributed by atoms with Crippen LogP contribution in [0, 0.1) is 0 Å². The lowest BCUT2D eigenvalue weighted by molar-refractivity contribution is -0.163. The molecule has 2 aliphatic heterocycles. The van der Waals surface area contributed by atoms with E-state index in [0.717, 1.165) is 96.7 Å². The van der Waals surface area contributed by atoms with Gasteiger partial charge in [0.1, 0.15) is 0 Å². The third-order valence-electron chi connectivity index (χ3n) is 9.66. The lowest BCUT2D eigenvalue weighted by Gasteiger charge is -2.22. The minimum Gasteiger partial charge on any atom is -0.394 e. The van der Waals surface area contributed by atoms with E-state index in [4.69, 9.17) is 78.3 Å². The molecule has 2 aromatic carbocycles. The van der Waals surface area contributed by atoms with Gasteiger partial charge >= 0.3 is 0 Å². The lowest BCUT2D eigenvalue weighted by atomic mass is 10.2. The van der Waals surface area contributed by atoms with E-state index in [1.165, 1.54) is 30.4 Å². The van der Waals surface area contributed by atoms with Gasteiger partial charge in [0.05, 0.1) is 119 Å². The molecule has 0 bridgehead atoms. The van der Waals surface area contributed by atoms with Gasteiger partial charge in [0.15, 0.2) is 12.6 Å². The van der Waals surface area contributed by atoms with E-state index < -0.39 is 0 Å². The van der Waals surface area contributed by atoms with Crippen LogP contribution in [0.3, 0.4) is 0 Å². The van der Waals surface area contributed by atoms with Gasteiger partial charge in [-0.05, 0) is 88.2 Å². The van der Waals surface area contributed by atoms with Crippen molar-refractivity contribution in [3.8, 4) is 0 Å². The summed E-state index contributed by atoms with van der Waals surface area (Å²) in [4.78, 5) is 0. The summed E-state index contributed by atoms with van der Waals surface area (Å²) in [6.45, 7) is 13.6. The van der Waals surface area contributed by atoms with Crippen LogP contribution in [0.25, 0.3) is 0 Å². The molecule has 2 heterocycles. The zero-order valence-corrected chi connectivity index (χ0v) is 40.3. The van der Waals surface area contributed by atoms with Gasteiger partial charge in [-0.3, -0.25) is 0 Å². The fourth-order valence-corrected chi connectivity index (χ4v) is 6.29. The van der Waals surface area contributed by atoms with Crippen LogP contribution < -0.4 is 0 Å². The number of aliphatic hydroxyl groups excluding tert-OH is 1. The van der Waals surface area contributed by atoms with Gasteiger partial charge in [-0.1, -0.05) is 60.7 Å². The molecule has 376 valence electrons. The number of ether oxygens (including phenoxy) is 13. The van der Waals surface area contributed by atoms with E-state index in [0.29, 0.717) is 112 Å². The molecule has 0 amide bonds. The molecular weight excluding hydrogens is 860 g/mol. The number of alkyl halides is 1. The molecule has 15 heteroatoms. The molecule has 2 atom stereocenters. The van der Waals surface area contributed by atoms with Gasteiger partial charge in [-0.25, -0.2) is 0 Å². The van der Waals surface area contributed by atoms with Crippen LogP contribution in [0.5, 0.6) is 0 Å². The predicted octanol–water partition coefficient (Wildman–Crippen LogP) is 8.17. The van der Waals surface area contributed by atoms with Gasteiger partial charge in [-0.2, -0.15) is 0 Å². The van der Waals surface area contributed by atoms with Crippen molar-refractivity contribution >= 4 is 11.6 Å². The lowest BCUT2D eigenvalue weighted by Crippen LogP contribution is -2.22. The van der Waals surface area contributed by atoms with Gasteiger partial charge < -0.3 is 66.7 Å². The highest BCUT2D eigenvalue weighted by Gasteiger charge is 2.14. The van der Waals surface area contributed by atoms with E-state index >= 15 is 0 Å². The first kappa shape index (κ1) is 59.3. The number of hydrogen-bond donors (Lipinski definition) is 1. The maximum absolute atomic E-state index is 8.48. The third kappa shape index (κ3) is 40.9. The Bertz CT molecular complexity index is 1200. The molecule has 0 spiro atoms. The van der Waals surface area contributed by atoms with Crippen molar-refractivity contribution in [2.75, 3.05) is 145 Å². The van der Waals surface area contributed by atoms with Gasteiger partial charge in [-0.15, -0.1) is 11.6 Å². The summed E-state index contributed by atoms with van der Waals surface area (Å²) >= 11 is 5.56. The second kappa shape index (κ2) is 48.6. The second-order valence-electron chi connectivity index (χ2n) is 15.2. The Morgan fingerprint density at radius 2 is 0.754 bits per heavy atom. The molecule has 2 aliphatic rings. The molecule has 2 aromatic rings. The topological polar surface area (TPSA) is 140 Å². The maximum Gasteiger partial charge on any atom is 0.157 e. The van der Waals surface area contributed by atoms with E-state index in [-0.39, 0.29) is 19.2 Å². The zero-order valence-electron chi connectivity index (χ0n) is 39.5. The van der Waals surface area contributed by atoms with E-state index in [2.05, 4.69) is 12.1 Å². The average Bonchev–Trinajstić information content (AvgIpc) is 3.35. The van der Waals surface area contributed by atoms with Crippen molar-refractivity contribution in [1.82, 2.24) is 0 Å². The molecule has 0 aromatic heterocycles. The van der Waals surface area contributed by atoms with Crippen molar-refractivity contribution in [1.29, 1.82) is 0 Å². The van der Waals surface area contributed by atoms with Crippen molar-refractivity contribution in [3.05, 3.63) is 71.8 Å². The molecule has 2 unspecified atom stereocenters. The van der Waals surface area contributed by atoms with Crippen LogP contribution in [0.4, 0.5) is 0 Å². The largest absolute Gasteiger partial charge is 0.394 e. The highest BCUT2D eigenvalue weighted by Crippen LogP contribution is 2.15. The third-order valence-corrected chi connectivity index (χ3v) is 9.92. The normalized spacial score (nSPS) is 16.1. The van der Waals surface area contributed by atoms with Crippen LogP contribution in [-0.2, 0) is 74.8 Å². The van der Waals surface area contributed by atoms with Crippen LogP contribution in [-0.4, -0.2) is 162 Å². The standard InChI is InChI=1S/C25H42O7.C15H24O5.C10H19ClO2/c1-3-9-24(10-4-1)23-30-22-21-29-20-19-28-18-17-27-16-15-26-12-6-2-7-13-31-25-11-5-8-14-32-25;16-6-7-17-8-9-18-10-11-19-12-13-20-14-15-4-2-1-3-5-15;11-7-3-1-4-8-12-10-6-2-5-9-13-10/h1,3-4,9-10,25H,2,5-8,11-23H2;1-5,16H,6-14H2;10H,1-9H2. The second-order valence-corrected chi connectivity index (χ2v) is 15.6. The Morgan fingerprint density at radius 1 is 0.400 bits per heavy atom. The highest BCUT2D eigenvalue weighted by atomic mass is 35.5. The highest BCUT2D eigenvalue weighted by molar-refractivity contribution is 6.17. The monoisotopic (exact) mass is 945 g/mol. The molecule has 0 radical (unpaired) electrons. The van der Waals surface area contributed by atoms with E-state index in [1.807, 2.05) is 48.5 Å². The Balaban J connectivity index is 0.000000373. The molecule has 0 aliphatic carbocycles. The van der Waals surface area contributed by atoms with E-state index in [1.54, 1.807) is 0 Å². The first-order valence-electron chi connectivity index (χ1n) is 24.2. The fourth-order valence-electron chi connectivity index (χ4n) is 6.10.